The minimum absolute atomic E-state index is 0.0704. The zero-order valence-electron chi connectivity index (χ0n) is 11.8. The molecule has 0 aliphatic carbocycles. The van der Waals surface area contributed by atoms with E-state index in [-0.39, 0.29) is 10.2 Å². The van der Waals surface area contributed by atoms with Crippen LogP contribution in [0.2, 0.25) is 5.28 Å². The Hall–Kier alpha value is -2.29. The number of sulfonamides is 1. The Bertz CT molecular complexity index is 961. The third kappa shape index (κ3) is 3.55. The first-order valence-corrected chi connectivity index (χ1v) is 8.50. The van der Waals surface area contributed by atoms with Crippen LogP contribution in [0.5, 0.6) is 0 Å². The quantitative estimate of drug-likeness (QED) is 0.696. The fourth-order valence-electron chi connectivity index (χ4n) is 2.05. The summed E-state index contributed by atoms with van der Waals surface area (Å²) in [6.07, 6.45) is 1.63. The standard InChI is InChI=1S/C14H12ClN5O2S/c15-14-19-12-11(2-1-7-17-12)13(20-14)18-8-9-3-5-10(6-4-9)23(16,21)22/h1-7H,8H2,(H2,16,21,22)(H,17,18,19,20). The van der Waals surface area contributed by atoms with Gasteiger partial charge in [0.1, 0.15) is 5.82 Å². The summed E-state index contributed by atoms with van der Waals surface area (Å²) in [6, 6.07) is 9.89. The molecule has 0 atom stereocenters. The predicted molar refractivity (Wildman–Crippen MR) is 87.5 cm³/mol. The molecule has 0 radical (unpaired) electrons. The molecular formula is C14H12ClN5O2S. The molecule has 0 amide bonds. The van der Waals surface area contributed by atoms with E-state index in [2.05, 4.69) is 20.3 Å². The fraction of sp³-hybridized carbons (Fsp3) is 0.0714. The normalized spacial score (nSPS) is 11.6. The molecule has 0 aliphatic heterocycles. The molecule has 2 heterocycles. The first-order valence-electron chi connectivity index (χ1n) is 6.57. The topological polar surface area (TPSA) is 111 Å². The molecule has 7 nitrogen and oxygen atoms in total. The Morgan fingerprint density at radius 2 is 1.87 bits per heavy atom. The highest BCUT2D eigenvalue weighted by atomic mass is 35.5. The van der Waals surface area contributed by atoms with Gasteiger partial charge >= 0.3 is 0 Å². The maximum Gasteiger partial charge on any atom is 0.238 e. The Morgan fingerprint density at radius 1 is 1.13 bits per heavy atom. The van der Waals surface area contributed by atoms with Crippen LogP contribution in [0.1, 0.15) is 5.56 Å². The first kappa shape index (κ1) is 15.6. The number of primary sulfonamides is 1. The zero-order valence-corrected chi connectivity index (χ0v) is 13.3. The average molecular weight is 350 g/mol. The fourth-order valence-corrected chi connectivity index (χ4v) is 2.73. The highest BCUT2D eigenvalue weighted by molar-refractivity contribution is 7.89. The summed E-state index contributed by atoms with van der Waals surface area (Å²) in [5, 5.41) is 9.06. The van der Waals surface area contributed by atoms with Crippen molar-refractivity contribution in [3.05, 3.63) is 53.4 Å². The van der Waals surface area contributed by atoms with E-state index in [0.717, 1.165) is 10.9 Å². The SMILES string of the molecule is NS(=O)(=O)c1ccc(CNc2nc(Cl)nc3ncccc23)cc1. The van der Waals surface area contributed by atoms with Crippen molar-refractivity contribution in [3.63, 3.8) is 0 Å². The van der Waals surface area contributed by atoms with Gasteiger partial charge in [-0.05, 0) is 41.4 Å². The van der Waals surface area contributed by atoms with Crippen molar-refractivity contribution in [3.8, 4) is 0 Å². The molecule has 2 aromatic heterocycles. The smallest absolute Gasteiger partial charge is 0.238 e. The van der Waals surface area contributed by atoms with Gasteiger partial charge in [0.25, 0.3) is 0 Å². The van der Waals surface area contributed by atoms with E-state index in [9.17, 15) is 8.42 Å². The van der Waals surface area contributed by atoms with E-state index in [1.165, 1.54) is 12.1 Å². The first-order chi connectivity index (χ1) is 10.9. The molecule has 3 N–H and O–H groups in total. The lowest BCUT2D eigenvalue weighted by atomic mass is 10.2. The van der Waals surface area contributed by atoms with Gasteiger partial charge in [-0.2, -0.15) is 4.98 Å². The van der Waals surface area contributed by atoms with Crippen LogP contribution in [0.3, 0.4) is 0 Å². The van der Waals surface area contributed by atoms with E-state index >= 15 is 0 Å². The number of fused-ring (bicyclic) bond motifs is 1. The van der Waals surface area contributed by atoms with E-state index in [1.54, 1.807) is 24.4 Å². The van der Waals surface area contributed by atoms with Gasteiger partial charge in [-0.3, -0.25) is 0 Å². The van der Waals surface area contributed by atoms with E-state index < -0.39 is 10.0 Å². The van der Waals surface area contributed by atoms with Crippen LogP contribution >= 0.6 is 11.6 Å². The van der Waals surface area contributed by atoms with Crippen LogP contribution in [-0.4, -0.2) is 23.4 Å². The van der Waals surface area contributed by atoms with E-state index in [1.807, 2.05) is 6.07 Å². The van der Waals surface area contributed by atoms with Crippen molar-refractivity contribution in [1.82, 2.24) is 15.0 Å². The monoisotopic (exact) mass is 349 g/mol. The second-order valence-corrected chi connectivity index (χ2v) is 6.66. The summed E-state index contributed by atoms with van der Waals surface area (Å²) in [7, 11) is -3.69. The Balaban J connectivity index is 1.84. The number of nitrogens with zero attached hydrogens (tertiary/aromatic N) is 3. The summed E-state index contributed by atoms with van der Waals surface area (Å²) >= 11 is 5.89. The van der Waals surface area contributed by atoms with Crippen molar-refractivity contribution in [2.75, 3.05) is 5.32 Å². The second kappa shape index (κ2) is 6.07. The van der Waals surface area contributed by atoms with Gasteiger partial charge in [-0.25, -0.2) is 23.5 Å². The Labute approximate surface area is 137 Å². The lowest BCUT2D eigenvalue weighted by Crippen LogP contribution is -2.12. The summed E-state index contributed by atoms with van der Waals surface area (Å²) in [5.41, 5.74) is 1.36. The number of aromatic nitrogens is 3. The molecule has 0 saturated heterocycles. The lowest BCUT2D eigenvalue weighted by Gasteiger charge is -2.09. The van der Waals surface area contributed by atoms with Crippen molar-refractivity contribution >= 4 is 38.5 Å². The van der Waals surface area contributed by atoms with Crippen molar-refractivity contribution in [1.29, 1.82) is 0 Å². The highest BCUT2D eigenvalue weighted by Crippen LogP contribution is 2.21. The van der Waals surface area contributed by atoms with Crippen LogP contribution in [0, 0.1) is 0 Å². The van der Waals surface area contributed by atoms with Crippen LogP contribution < -0.4 is 10.5 Å². The van der Waals surface area contributed by atoms with Gasteiger partial charge in [0, 0.05) is 12.7 Å². The maximum atomic E-state index is 11.2. The summed E-state index contributed by atoms with van der Waals surface area (Å²) in [5.74, 6) is 0.559. The number of hydrogen-bond acceptors (Lipinski definition) is 6. The van der Waals surface area contributed by atoms with Crippen molar-refractivity contribution in [2.45, 2.75) is 11.4 Å². The molecule has 3 aromatic rings. The number of rotatable bonds is 4. The van der Waals surface area contributed by atoms with E-state index in [4.69, 9.17) is 16.7 Å². The largest absolute Gasteiger partial charge is 0.365 e. The molecule has 3 rings (SSSR count). The molecule has 23 heavy (non-hydrogen) atoms. The average Bonchev–Trinajstić information content (AvgIpc) is 2.52. The molecule has 0 aliphatic rings. The van der Waals surface area contributed by atoms with Gasteiger partial charge in [-0.15, -0.1) is 0 Å². The minimum Gasteiger partial charge on any atom is -0.365 e. The molecule has 118 valence electrons. The van der Waals surface area contributed by atoms with Gasteiger partial charge in [0.05, 0.1) is 10.3 Å². The van der Waals surface area contributed by atoms with Gasteiger partial charge in [0.2, 0.25) is 15.3 Å². The number of anilines is 1. The van der Waals surface area contributed by atoms with Crippen LogP contribution in [0.15, 0.2) is 47.5 Å². The summed E-state index contributed by atoms with van der Waals surface area (Å²) < 4.78 is 22.5. The second-order valence-electron chi connectivity index (χ2n) is 4.76. The predicted octanol–water partition coefficient (Wildman–Crippen LogP) is 1.94. The number of halogens is 1. The highest BCUT2D eigenvalue weighted by Gasteiger charge is 2.09. The molecule has 1 aromatic carbocycles. The molecule has 0 fully saturated rings. The number of hydrogen-bond donors (Lipinski definition) is 2. The number of benzene rings is 1. The molecule has 0 bridgehead atoms. The molecule has 0 unspecified atom stereocenters. The van der Waals surface area contributed by atoms with Crippen LogP contribution in [0.25, 0.3) is 11.0 Å². The van der Waals surface area contributed by atoms with Crippen LogP contribution in [0.4, 0.5) is 5.82 Å². The molecule has 0 spiro atoms. The zero-order chi connectivity index (χ0) is 16.4. The Morgan fingerprint density at radius 3 is 2.57 bits per heavy atom. The molecule has 9 heteroatoms. The lowest BCUT2D eigenvalue weighted by molar-refractivity contribution is 0.598. The number of nitrogens with one attached hydrogen (secondary N) is 1. The third-order valence-electron chi connectivity index (χ3n) is 3.16. The van der Waals surface area contributed by atoms with Crippen LogP contribution in [-0.2, 0) is 16.6 Å². The van der Waals surface area contributed by atoms with Crippen molar-refractivity contribution in [2.24, 2.45) is 5.14 Å². The molecule has 0 saturated carbocycles. The maximum absolute atomic E-state index is 11.2. The molecular weight excluding hydrogens is 338 g/mol. The summed E-state index contributed by atoms with van der Waals surface area (Å²) in [4.78, 5) is 12.4. The third-order valence-corrected chi connectivity index (χ3v) is 4.25. The minimum atomic E-state index is -3.69. The summed E-state index contributed by atoms with van der Waals surface area (Å²) in [6.45, 7) is 0.433. The van der Waals surface area contributed by atoms with E-state index in [0.29, 0.717) is 18.0 Å². The number of pyridine rings is 1. The van der Waals surface area contributed by atoms with Crippen molar-refractivity contribution < 1.29 is 8.42 Å². The Kier molecular flexibility index (Phi) is 4.12. The van der Waals surface area contributed by atoms with Gasteiger partial charge in [-0.1, -0.05) is 12.1 Å². The van der Waals surface area contributed by atoms with Gasteiger partial charge in [0.15, 0.2) is 5.65 Å². The number of nitrogens with two attached hydrogens (primary N) is 1. The van der Waals surface area contributed by atoms with Gasteiger partial charge < -0.3 is 5.32 Å².